The molecule has 5 heteroatoms. The summed E-state index contributed by atoms with van der Waals surface area (Å²) in [5.74, 6) is -0.345. The van der Waals surface area contributed by atoms with Crippen molar-refractivity contribution in [3.8, 4) is 0 Å². The van der Waals surface area contributed by atoms with Crippen LogP contribution in [0, 0.1) is 0 Å². The molecule has 42 heavy (non-hydrogen) atoms. The second-order valence-corrected chi connectivity index (χ2v) is 12.4. The van der Waals surface area contributed by atoms with Crippen LogP contribution in [0.15, 0.2) is 24.3 Å². The fourth-order valence-electron chi connectivity index (χ4n) is 5.95. The zero-order valence-corrected chi connectivity index (χ0v) is 27.0. The van der Waals surface area contributed by atoms with Crippen molar-refractivity contribution in [2.45, 2.75) is 167 Å². The maximum absolute atomic E-state index is 12.4. The number of carbonyl (C=O) groups excluding carboxylic acids is 3. The van der Waals surface area contributed by atoms with Crippen molar-refractivity contribution in [1.29, 1.82) is 0 Å². The molecule has 2 rings (SSSR count). The third kappa shape index (κ3) is 15.9. The molecule has 0 bridgehead atoms. The average molecular weight is 584 g/mol. The van der Waals surface area contributed by atoms with Crippen LogP contribution in [0.4, 0.5) is 0 Å². The number of unbranched alkanes of at least 4 members (excludes halogenated alkanes) is 22. The van der Waals surface area contributed by atoms with E-state index in [0.717, 1.165) is 51.4 Å². The van der Waals surface area contributed by atoms with Gasteiger partial charge in [0.2, 0.25) is 0 Å². The fourth-order valence-corrected chi connectivity index (χ4v) is 5.95. The molecule has 0 spiro atoms. The van der Waals surface area contributed by atoms with E-state index in [9.17, 15) is 14.4 Å². The van der Waals surface area contributed by atoms with Crippen LogP contribution >= 0.6 is 0 Å². The van der Waals surface area contributed by atoms with Gasteiger partial charge in [-0.1, -0.05) is 154 Å². The predicted octanol–water partition coefficient (Wildman–Crippen LogP) is 10.6. The van der Waals surface area contributed by atoms with Gasteiger partial charge in [0.25, 0.3) is 11.8 Å². The van der Waals surface area contributed by atoms with E-state index in [0.29, 0.717) is 30.7 Å². The number of hydrogen-bond donors (Lipinski definition) is 0. The highest BCUT2D eigenvalue weighted by Crippen LogP contribution is 2.23. The van der Waals surface area contributed by atoms with E-state index in [1.54, 1.807) is 24.3 Å². The molecular weight excluding hydrogens is 522 g/mol. The topological polar surface area (TPSA) is 63.7 Å². The summed E-state index contributed by atoms with van der Waals surface area (Å²) in [5, 5.41) is 0. The summed E-state index contributed by atoms with van der Waals surface area (Å²) in [6.45, 7) is 3.37. The average Bonchev–Trinajstić information content (AvgIpc) is 3.24. The van der Waals surface area contributed by atoms with Crippen LogP contribution in [0.25, 0.3) is 0 Å². The largest absolute Gasteiger partial charge is 0.466 e. The Hall–Kier alpha value is -2.17. The van der Waals surface area contributed by atoms with Gasteiger partial charge in [0.1, 0.15) is 0 Å². The van der Waals surface area contributed by atoms with E-state index >= 15 is 0 Å². The summed E-state index contributed by atoms with van der Waals surface area (Å²) in [6.07, 6.45) is 30.6. The summed E-state index contributed by atoms with van der Waals surface area (Å²) in [7, 11) is 0. The van der Waals surface area contributed by atoms with E-state index in [1.807, 2.05) is 0 Å². The molecule has 0 saturated heterocycles. The van der Waals surface area contributed by atoms with Gasteiger partial charge in [-0.25, -0.2) is 0 Å². The quantitative estimate of drug-likeness (QED) is 0.0559. The molecule has 0 saturated carbocycles. The van der Waals surface area contributed by atoms with Gasteiger partial charge in [0.15, 0.2) is 0 Å². The van der Waals surface area contributed by atoms with E-state index in [4.69, 9.17) is 4.74 Å². The third-order valence-electron chi connectivity index (χ3n) is 8.65. The molecule has 1 aliphatic heterocycles. The second-order valence-electron chi connectivity index (χ2n) is 12.4. The Labute approximate surface area is 257 Å². The van der Waals surface area contributed by atoms with Crippen molar-refractivity contribution in [3.05, 3.63) is 35.4 Å². The van der Waals surface area contributed by atoms with Crippen molar-refractivity contribution in [1.82, 2.24) is 4.90 Å². The van der Waals surface area contributed by atoms with E-state index in [2.05, 4.69) is 6.92 Å². The maximum Gasteiger partial charge on any atom is 0.305 e. The zero-order valence-electron chi connectivity index (χ0n) is 27.0. The lowest BCUT2D eigenvalue weighted by Gasteiger charge is -2.13. The molecule has 0 N–H and O–H groups in total. The first kappa shape index (κ1) is 36.0. The minimum Gasteiger partial charge on any atom is -0.466 e. The van der Waals surface area contributed by atoms with Crippen molar-refractivity contribution in [2.75, 3.05) is 13.2 Å². The molecule has 0 fully saturated rings. The van der Waals surface area contributed by atoms with Gasteiger partial charge >= 0.3 is 5.97 Å². The van der Waals surface area contributed by atoms with Crippen LogP contribution in [-0.4, -0.2) is 35.8 Å². The molecule has 2 amide bonds. The Morgan fingerprint density at radius 2 is 0.929 bits per heavy atom. The Morgan fingerprint density at radius 3 is 1.38 bits per heavy atom. The molecule has 1 heterocycles. The Morgan fingerprint density at radius 1 is 0.548 bits per heavy atom. The highest BCUT2D eigenvalue weighted by Gasteiger charge is 2.34. The molecule has 1 aliphatic rings. The molecule has 1 aromatic rings. The number of esters is 1. The van der Waals surface area contributed by atoms with Gasteiger partial charge < -0.3 is 4.74 Å². The maximum atomic E-state index is 12.4. The lowest BCUT2D eigenvalue weighted by atomic mass is 10.0. The summed E-state index contributed by atoms with van der Waals surface area (Å²) in [5.41, 5.74) is 1.07. The van der Waals surface area contributed by atoms with Crippen LogP contribution in [0.3, 0.4) is 0 Å². The van der Waals surface area contributed by atoms with Gasteiger partial charge in [0.05, 0.1) is 17.7 Å². The van der Waals surface area contributed by atoms with E-state index in [1.165, 1.54) is 108 Å². The van der Waals surface area contributed by atoms with Crippen LogP contribution in [0.2, 0.25) is 0 Å². The zero-order chi connectivity index (χ0) is 30.1. The minimum atomic E-state index is -0.154. The lowest BCUT2D eigenvalue weighted by molar-refractivity contribution is -0.143. The number of amides is 2. The van der Waals surface area contributed by atoms with Gasteiger partial charge in [-0.2, -0.15) is 0 Å². The fraction of sp³-hybridized carbons (Fsp3) is 0.757. The monoisotopic (exact) mass is 583 g/mol. The molecule has 238 valence electrons. The first-order chi connectivity index (χ1) is 20.6. The molecule has 0 atom stereocenters. The molecule has 0 radical (unpaired) electrons. The highest BCUT2D eigenvalue weighted by molar-refractivity contribution is 6.21. The molecular formula is C37H61NO4. The number of hydrogen-bond acceptors (Lipinski definition) is 4. The van der Waals surface area contributed by atoms with Crippen LogP contribution < -0.4 is 0 Å². The van der Waals surface area contributed by atoms with Gasteiger partial charge in [-0.15, -0.1) is 0 Å². The number of rotatable bonds is 28. The number of imide groups is 1. The number of ether oxygens (including phenoxy) is 1. The number of benzene rings is 1. The molecule has 5 nitrogen and oxygen atoms in total. The van der Waals surface area contributed by atoms with E-state index < -0.39 is 0 Å². The van der Waals surface area contributed by atoms with Gasteiger partial charge in [-0.05, 0) is 31.4 Å². The number of nitrogens with zero attached hydrogens (tertiary/aromatic N) is 1. The lowest BCUT2D eigenvalue weighted by Crippen LogP contribution is -2.30. The summed E-state index contributed by atoms with van der Waals surface area (Å²) in [4.78, 5) is 38.1. The summed E-state index contributed by atoms with van der Waals surface area (Å²) < 4.78 is 5.42. The van der Waals surface area contributed by atoms with Gasteiger partial charge in [0, 0.05) is 13.0 Å². The SMILES string of the molecule is CCCCCCCCCCCCCCCCCCOC(=O)CCCCCCCCCCN1C(=O)c2ccccc2C1=O. The predicted molar refractivity (Wildman–Crippen MR) is 174 cm³/mol. The van der Waals surface area contributed by atoms with E-state index in [-0.39, 0.29) is 17.8 Å². The second kappa shape index (κ2) is 24.3. The highest BCUT2D eigenvalue weighted by atomic mass is 16.5. The van der Waals surface area contributed by atoms with Gasteiger partial charge in [-0.3, -0.25) is 19.3 Å². The summed E-state index contributed by atoms with van der Waals surface area (Å²) >= 11 is 0. The normalized spacial score (nSPS) is 12.7. The first-order valence-electron chi connectivity index (χ1n) is 17.8. The van der Waals surface area contributed by atoms with Crippen molar-refractivity contribution < 1.29 is 19.1 Å². The minimum absolute atomic E-state index is 0.0379. The van der Waals surface area contributed by atoms with Crippen molar-refractivity contribution in [3.63, 3.8) is 0 Å². The Bertz CT molecular complexity index is 832. The Kier molecular flexibility index (Phi) is 20.8. The standard InChI is InChI=1S/C37H61NO4/c1-2-3-4-5-6-7-8-9-10-11-12-13-16-19-22-27-32-42-35(39)30-23-20-17-14-15-18-21-26-31-38-36(40)33-28-24-25-29-34(33)37(38)41/h24-25,28-29H,2-23,26-27,30-32H2,1H3. The first-order valence-corrected chi connectivity index (χ1v) is 17.8. The summed E-state index contributed by atoms with van der Waals surface area (Å²) in [6, 6.07) is 7.08. The van der Waals surface area contributed by atoms with Crippen LogP contribution in [0.1, 0.15) is 188 Å². The van der Waals surface area contributed by atoms with Crippen molar-refractivity contribution in [2.24, 2.45) is 0 Å². The molecule has 0 unspecified atom stereocenters. The third-order valence-corrected chi connectivity index (χ3v) is 8.65. The Balaban J connectivity index is 1.26. The molecule has 0 aromatic heterocycles. The molecule has 1 aromatic carbocycles. The molecule has 0 aliphatic carbocycles. The van der Waals surface area contributed by atoms with Crippen LogP contribution in [0.5, 0.6) is 0 Å². The number of carbonyl (C=O) groups is 3. The number of fused-ring (bicyclic) bond motifs is 1. The van der Waals surface area contributed by atoms with Crippen molar-refractivity contribution >= 4 is 17.8 Å². The van der Waals surface area contributed by atoms with Crippen LogP contribution in [-0.2, 0) is 9.53 Å². The smallest absolute Gasteiger partial charge is 0.305 e.